The van der Waals surface area contributed by atoms with Gasteiger partial charge in [0.1, 0.15) is 0 Å². The van der Waals surface area contributed by atoms with Crippen molar-refractivity contribution in [1.82, 2.24) is 5.32 Å². The zero-order valence-corrected chi connectivity index (χ0v) is 11.2. The molecular formula is C13H31N. The highest BCUT2D eigenvalue weighted by Crippen LogP contribution is 2.00. The Morgan fingerprint density at radius 3 is 1.21 bits per heavy atom. The van der Waals surface area contributed by atoms with Crippen LogP contribution in [0.1, 0.15) is 73.6 Å². The Bertz CT molecular complexity index is 77.2. The summed E-state index contributed by atoms with van der Waals surface area (Å²) in [4.78, 5) is 0. The normalized spacial score (nSPS) is 10.3. The van der Waals surface area contributed by atoms with Gasteiger partial charge in [-0.15, -0.1) is 0 Å². The summed E-state index contributed by atoms with van der Waals surface area (Å²) in [5, 5.41) is 3.31. The highest BCUT2D eigenvalue weighted by atomic mass is 14.9. The summed E-state index contributed by atoms with van der Waals surface area (Å²) in [7, 11) is 0. The van der Waals surface area contributed by atoms with Crippen LogP contribution in [-0.2, 0) is 0 Å². The zero-order chi connectivity index (χ0) is 11.4. The summed E-state index contributed by atoms with van der Waals surface area (Å²) in [6.07, 6.45) is 7.01. The lowest BCUT2D eigenvalue weighted by Gasteiger charge is -2.10. The van der Waals surface area contributed by atoms with Crippen molar-refractivity contribution in [2.45, 2.75) is 85.7 Å². The minimum atomic E-state index is 0.625. The minimum Gasteiger partial charge on any atom is -0.312 e. The Labute approximate surface area is 91.7 Å². The third kappa shape index (κ3) is 22.7. The topological polar surface area (TPSA) is 12.0 Å². The Morgan fingerprint density at radius 2 is 1.07 bits per heavy atom. The Hall–Kier alpha value is -0.0400. The van der Waals surface area contributed by atoms with Gasteiger partial charge in [0.2, 0.25) is 0 Å². The van der Waals surface area contributed by atoms with Crippen molar-refractivity contribution >= 4 is 0 Å². The molecule has 0 aliphatic rings. The molecule has 0 atom stereocenters. The van der Waals surface area contributed by atoms with Crippen molar-refractivity contribution in [3.8, 4) is 0 Å². The van der Waals surface area contributed by atoms with Gasteiger partial charge in [-0.05, 0) is 0 Å². The van der Waals surface area contributed by atoms with E-state index in [4.69, 9.17) is 0 Å². The molecule has 0 aliphatic carbocycles. The van der Waals surface area contributed by atoms with Gasteiger partial charge in [-0.2, -0.15) is 0 Å². The second-order valence-corrected chi connectivity index (χ2v) is 4.54. The summed E-state index contributed by atoms with van der Waals surface area (Å²) in [6, 6.07) is 1.25. The lowest BCUT2D eigenvalue weighted by molar-refractivity contribution is 0.518. The predicted octanol–water partition coefficient (Wildman–Crippen LogP) is 4.37. The maximum atomic E-state index is 3.31. The molecule has 1 N–H and O–H groups in total. The average molecular weight is 201 g/mol. The van der Waals surface area contributed by atoms with Gasteiger partial charge in [-0.3, -0.25) is 0 Å². The van der Waals surface area contributed by atoms with Crippen LogP contribution in [0.5, 0.6) is 0 Å². The number of hydrogen-bond donors (Lipinski definition) is 1. The third-order valence-corrected chi connectivity index (χ3v) is 1.87. The van der Waals surface area contributed by atoms with Gasteiger partial charge < -0.3 is 5.32 Å². The minimum absolute atomic E-state index is 0.625. The molecule has 0 amide bonds. The monoisotopic (exact) mass is 201 g/mol. The second-order valence-electron chi connectivity index (χ2n) is 4.54. The first-order valence-corrected chi connectivity index (χ1v) is 6.30. The van der Waals surface area contributed by atoms with Crippen LogP contribution in [0.3, 0.4) is 0 Å². The lowest BCUT2D eigenvalue weighted by Crippen LogP contribution is -2.29. The van der Waals surface area contributed by atoms with E-state index in [0.29, 0.717) is 12.1 Å². The van der Waals surface area contributed by atoms with E-state index in [1.807, 2.05) is 0 Å². The SMILES string of the molecule is CC(C)NC(C)C.CCCCCCC. The largest absolute Gasteiger partial charge is 0.312 e. The van der Waals surface area contributed by atoms with Crippen LogP contribution in [0.2, 0.25) is 0 Å². The van der Waals surface area contributed by atoms with Crippen LogP contribution in [0.15, 0.2) is 0 Å². The standard InChI is InChI=1S/C7H16.C6H15N/c1-3-5-7-6-4-2;1-5(2)7-6(3)4/h3-7H2,1-2H3;5-7H,1-4H3. The van der Waals surface area contributed by atoms with Crippen LogP contribution < -0.4 is 5.32 Å². The first-order valence-electron chi connectivity index (χ1n) is 6.30. The summed E-state index contributed by atoms with van der Waals surface area (Å²) in [5.41, 5.74) is 0. The van der Waals surface area contributed by atoms with Crippen molar-refractivity contribution < 1.29 is 0 Å². The molecule has 1 nitrogen and oxygen atoms in total. The van der Waals surface area contributed by atoms with Crippen LogP contribution in [0, 0.1) is 0 Å². The van der Waals surface area contributed by atoms with E-state index in [1.54, 1.807) is 0 Å². The summed E-state index contributed by atoms with van der Waals surface area (Å²) >= 11 is 0. The molecule has 1 heteroatoms. The first-order chi connectivity index (χ1) is 6.54. The van der Waals surface area contributed by atoms with Crippen molar-refractivity contribution in [3.05, 3.63) is 0 Å². The Balaban J connectivity index is 0. The third-order valence-electron chi connectivity index (χ3n) is 1.87. The molecule has 0 fully saturated rings. The van der Waals surface area contributed by atoms with Crippen LogP contribution in [0.4, 0.5) is 0 Å². The molecule has 0 heterocycles. The molecule has 14 heavy (non-hydrogen) atoms. The fourth-order valence-electron chi connectivity index (χ4n) is 1.34. The molecule has 88 valence electrons. The molecule has 0 radical (unpaired) electrons. The van der Waals surface area contributed by atoms with Gasteiger partial charge in [-0.1, -0.05) is 73.6 Å². The van der Waals surface area contributed by atoms with Gasteiger partial charge in [0, 0.05) is 12.1 Å². The van der Waals surface area contributed by atoms with Crippen LogP contribution in [0.25, 0.3) is 0 Å². The number of rotatable bonds is 6. The highest BCUT2D eigenvalue weighted by Gasteiger charge is 1.92. The second kappa shape index (κ2) is 13.0. The van der Waals surface area contributed by atoms with E-state index in [-0.39, 0.29) is 0 Å². The van der Waals surface area contributed by atoms with Crippen LogP contribution in [-0.4, -0.2) is 12.1 Å². The fourth-order valence-corrected chi connectivity index (χ4v) is 1.34. The number of unbranched alkanes of at least 4 members (excludes halogenated alkanes) is 4. The van der Waals surface area contributed by atoms with E-state index in [1.165, 1.54) is 32.1 Å². The molecule has 0 aromatic rings. The molecule has 0 aliphatic heterocycles. The van der Waals surface area contributed by atoms with Gasteiger partial charge in [0.05, 0.1) is 0 Å². The molecule has 0 saturated carbocycles. The van der Waals surface area contributed by atoms with Crippen molar-refractivity contribution in [2.24, 2.45) is 0 Å². The summed E-state index contributed by atoms with van der Waals surface area (Å²) < 4.78 is 0. The van der Waals surface area contributed by atoms with Crippen molar-refractivity contribution in [2.75, 3.05) is 0 Å². The van der Waals surface area contributed by atoms with Gasteiger partial charge in [0.25, 0.3) is 0 Å². The zero-order valence-electron chi connectivity index (χ0n) is 11.2. The van der Waals surface area contributed by atoms with Gasteiger partial charge >= 0.3 is 0 Å². The number of nitrogens with one attached hydrogen (secondary N) is 1. The van der Waals surface area contributed by atoms with Gasteiger partial charge in [-0.25, -0.2) is 0 Å². The maximum absolute atomic E-state index is 3.31. The van der Waals surface area contributed by atoms with E-state index >= 15 is 0 Å². The Morgan fingerprint density at radius 1 is 0.714 bits per heavy atom. The molecule has 0 aromatic heterocycles. The maximum Gasteiger partial charge on any atom is 0.00127 e. The smallest absolute Gasteiger partial charge is 0.00127 e. The summed E-state index contributed by atoms with van der Waals surface area (Å²) in [6.45, 7) is 13.1. The molecule has 0 rings (SSSR count). The van der Waals surface area contributed by atoms with E-state index < -0.39 is 0 Å². The fraction of sp³-hybridized carbons (Fsp3) is 1.00. The summed E-state index contributed by atoms with van der Waals surface area (Å²) in [5.74, 6) is 0. The van der Waals surface area contributed by atoms with Gasteiger partial charge in [0.15, 0.2) is 0 Å². The van der Waals surface area contributed by atoms with Crippen LogP contribution >= 0.6 is 0 Å². The molecule has 0 aromatic carbocycles. The average Bonchev–Trinajstić information content (AvgIpc) is 2.04. The first kappa shape index (κ1) is 16.4. The molecule has 0 unspecified atom stereocenters. The predicted molar refractivity (Wildman–Crippen MR) is 67.8 cm³/mol. The number of hydrogen-bond acceptors (Lipinski definition) is 1. The Kier molecular flexibility index (Phi) is 15.2. The lowest BCUT2D eigenvalue weighted by atomic mass is 10.2. The molecular weight excluding hydrogens is 170 g/mol. The molecule has 0 spiro atoms. The van der Waals surface area contributed by atoms with Crippen molar-refractivity contribution in [1.29, 1.82) is 0 Å². The molecule has 0 saturated heterocycles. The van der Waals surface area contributed by atoms with Crippen molar-refractivity contribution in [3.63, 3.8) is 0 Å². The highest BCUT2D eigenvalue weighted by molar-refractivity contribution is 4.55. The van der Waals surface area contributed by atoms with E-state index in [2.05, 4.69) is 46.9 Å². The van der Waals surface area contributed by atoms with E-state index in [0.717, 1.165) is 0 Å². The molecule has 0 bridgehead atoms. The quantitative estimate of drug-likeness (QED) is 0.629. The van der Waals surface area contributed by atoms with E-state index in [9.17, 15) is 0 Å².